The van der Waals surface area contributed by atoms with E-state index >= 15 is 0 Å². The summed E-state index contributed by atoms with van der Waals surface area (Å²) in [5.41, 5.74) is 14.1. The highest BCUT2D eigenvalue weighted by molar-refractivity contribution is 6.34. The molecule has 150 valence electrons. The van der Waals surface area contributed by atoms with Gasteiger partial charge in [-0.25, -0.2) is 4.98 Å². The van der Waals surface area contributed by atoms with Gasteiger partial charge in [0.05, 0.1) is 10.6 Å². The van der Waals surface area contributed by atoms with Crippen molar-refractivity contribution in [2.45, 2.75) is 13.8 Å². The smallest absolute Gasteiger partial charge is 0.271 e. The zero-order valence-electron chi connectivity index (χ0n) is 16.4. The lowest BCUT2D eigenvalue weighted by atomic mass is 10.0. The van der Waals surface area contributed by atoms with Gasteiger partial charge in [0, 0.05) is 22.9 Å². The molecule has 30 heavy (non-hydrogen) atoms. The van der Waals surface area contributed by atoms with Gasteiger partial charge in [0.1, 0.15) is 5.82 Å². The summed E-state index contributed by atoms with van der Waals surface area (Å²) in [4.78, 5) is 28.9. The zero-order valence-corrected chi connectivity index (χ0v) is 17.2. The zero-order chi connectivity index (χ0) is 21.7. The quantitative estimate of drug-likeness (QED) is 0.439. The van der Waals surface area contributed by atoms with Crippen LogP contribution in [0.5, 0.6) is 0 Å². The molecule has 3 rings (SSSR count). The molecule has 6 nitrogen and oxygen atoms in total. The van der Waals surface area contributed by atoms with Gasteiger partial charge in [0.25, 0.3) is 11.8 Å². The number of nitrogens with one attached hydrogen (secondary N) is 2. The number of nitrogen functional groups attached to an aromatic ring is 1. The lowest BCUT2D eigenvalue weighted by Gasteiger charge is -2.11. The Morgan fingerprint density at radius 3 is 2.43 bits per heavy atom. The molecule has 0 aliphatic carbocycles. The lowest BCUT2D eigenvalue weighted by Crippen LogP contribution is -2.42. The van der Waals surface area contributed by atoms with Crippen LogP contribution in [0.1, 0.15) is 43.0 Å². The van der Waals surface area contributed by atoms with E-state index in [1.807, 2.05) is 6.92 Å². The SMILES string of the molecule is Cc1ccc(C(=O)NNC(=O)c2c(C)cccc2Cl)cc1C#Cc1ccc(N)nc1. The Bertz CT molecular complexity index is 1160. The highest BCUT2D eigenvalue weighted by Crippen LogP contribution is 2.19. The van der Waals surface area contributed by atoms with Crippen molar-refractivity contribution in [3.8, 4) is 11.8 Å². The van der Waals surface area contributed by atoms with Gasteiger partial charge in [-0.05, 0) is 55.3 Å². The van der Waals surface area contributed by atoms with E-state index in [-0.39, 0.29) is 0 Å². The fourth-order valence-corrected chi connectivity index (χ4v) is 2.99. The molecule has 1 aromatic heterocycles. The van der Waals surface area contributed by atoms with Crippen LogP contribution in [0.3, 0.4) is 0 Å². The molecule has 0 spiro atoms. The number of nitrogens with zero attached hydrogens (tertiary/aromatic N) is 1. The van der Waals surface area contributed by atoms with E-state index in [1.165, 1.54) is 0 Å². The second kappa shape index (κ2) is 9.12. The summed E-state index contributed by atoms with van der Waals surface area (Å²) in [6, 6.07) is 13.7. The predicted molar refractivity (Wildman–Crippen MR) is 117 cm³/mol. The fourth-order valence-electron chi connectivity index (χ4n) is 2.68. The molecule has 0 fully saturated rings. The summed E-state index contributed by atoms with van der Waals surface area (Å²) in [5.74, 6) is 5.49. The molecule has 0 atom stereocenters. The normalized spacial score (nSPS) is 9.97. The monoisotopic (exact) mass is 418 g/mol. The highest BCUT2D eigenvalue weighted by atomic mass is 35.5. The largest absolute Gasteiger partial charge is 0.384 e. The van der Waals surface area contributed by atoms with E-state index < -0.39 is 11.8 Å². The Kier molecular flexibility index (Phi) is 6.35. The van der Waals surface area contributed by atoms with Crippen LogP contribution in [0, 0.1) is 25.7 Å². The van der Waals surface area contributed by atoms with Crippen molar-refractivity contribution in [1.29, 1.82) is 0 Å². The molecular formula is C23H19ClN4O2. The molecule has 0 saturated carbocycles. The van der Waals surface area contributed by atoms with Crippen LogP contribution in [0.25, 0.3) is 0 Å². The molecule has 0 unspecified atom stereocenters. The number of aryl methyl sites for hydroxylation is 2. The van der Waals surface area contributed by atoms with Crippen molar-refractivity contribution in [2.24, 2.45) is 0 Å². The maximum atomic E-state index is 12.5. The molecule has 1 heterocycles. The van der Waals surface area contributed by atoms with E-state index in [9.17, 15) is 9.59 Å². The summed E-state index contributed by atoms with van der Waals surface area (Å²) in [6.45, 7) is 3.67. The Morgan fingerprint density at radius 1 is 0.967 bits per heavy atom. The Labute approximate surface area is 179 Å². The Morgan fingerprint density at radius 2 is 1.73 bits per heavy atom. The standard InChI is InChI=1S/C23H19ClN4O2/c1-14-6-9-18(12-17(14)10-7-16-8-11-20(25)26-13-16)22(29)27-28-23(30)21-15(2)4-3-5-19(21)24/h3-6,8-9,11-13H,1-2H3,(H2,25,26)(H,27,29)(H,28,30). The number of carbonyl (C=O) groups is 2. The maximum absolute atomic E-state index is 12.5. The van der Waals surface area contributed by atoms with E-state index in [2.05, 4.69) is 27.7 Å². The molecular weight excluding hydrogens is 400 g/mol. The van der Waals surface area contributed by atoms with Crippen LogP contribution in [0.15, 0.2) is 54.7 Å². The maximum Gasteiger partial charge on any atom is 0.271 e. The number of pyridine rings is 1. The van der Waals surface area contributed by atoms with Crippen molar-refractivity contribution < 1.29 is 9.59 Å². The molecule has 0 aliphatic heterocycles. The fraction of sp³-hybridized carbons (Fsp3) is 0.0870. The predicted octanol–water partition coefficient (Wildman–Crippen LogP) is 3.41. The second-order valence-electron chi connectivity index (χ2n) is 6.59. The number of halogens is 1. The summed E-state index contributed by atoms with van der Waals surface area (Å²) >= 11 is 6.09. The minimum atomic E-state index is -0.491. The first-order valence-electron chi connectivity index (χ1n) is 9.05. The molecule has 0 saturated heterocycles. The van der Waals surface area contributed by atoms with Gasteiger partial charge in [-0.2, -0.15) is 0 Å². The van der Waals surface area contributed by atoms with Crippen molar-refractivity contribution in [2.75, 3.05) is 5.73 Å². The van der Waals surface area contributed by atoms with Gasteiger partial charge >= 0.3 is 0 Å². The van der Waals surface area contributed by atoms with E-state index in [4.69, 9.17) is 17.3 Å². The molecule has 0 bridgehead atoms. The summed E-state index contributed by atoms with van der Waals surface area (Å²) in [5, 5.41) is 0.312. The Hall–Kier alpha value is -3.82. The molecule has 2 aromatic carbocycles. The van der Waals surface area contributed by atoms with E-state index in [0.29, 0.717) is 38.7 Å². The molecule has 0 aliphatic rings. The average Bonchev–Trinajstić information content (AvgIpc) is 2.72. The average molecular weight is 419 g/mol. The molecule has 4 N–H and O–H groups in total. The van der Waals surface area contributed by atoms with Crippen molar-refractivity contribution in [1.82, 2.24) is 15.8 Å². The number of hydrogen-bond acceptors (Lipinski definition) is 4. The molecule has 7 heteroatoms. The Balaban J connectivity index is 1.73. The molecule has 3 aromatic rings. The number of amides is 2. The van der Waals surface area contributed by atoms with Crippen LogP contribution in [-0.2, 0) is 0 Å². The number of carbonyl (C=O) groups excluding carboxylic acids is 2. The van der Waals surface area contributed by atoms with Gasteiger partial charge in [-0.3, -0.25) is 20.4 Å². The van der Waals surface area contributed by atoms with Crippen molar-refractivity contribution in [3.05, 3.63) is 93.1 Å². The van der Waals surface area contributed by atoms with Crippen molar-refractivity contribution in [3.63, 3.8) is 0 Å². The summed E-state index contributed by atoms with van der Waals surface area (Å²) < 4.78 is 0. The lowest BCUT2D eigenvalue weighted by molar-refractivity contribution is 0.0846. The van der Waals surface area contributed by atoms with E-state index in [0.717, 1.165) is 5.56 Å². The number of anilines is 1. The summed E-state index contributed by atoms with van der Waals surface area (Å²) in [6.07, 6.45) is 1.58. The van der Waals surface area contributed by atoms with Crippen LogP contribution in [0.4, 0.5) is 5.82 Å². The van der Waals surface area contributed by atoms with Gasteiger partial charge < -0.3 is 5.73 Å². The first kappa shape index (κ1) is 20.9. The van der Waals surface area contributed by atoms with Gasteiger partial charge in [-0.15, -0.1) is 0 Å². The van der Waals surface area contributed by atoms with Crippen LogP contribution in [-0.4, -0.2) is 16.8 Å². The first-order chi connectivity index (χ1) is 14.3. The third kappa shape index (κ3) is 4.96. The molecule has 0 radical (unpaired) electrons. The van der Waals surface area contributed by atoms with Crippen LogP contribution >= 0.6 is 11.6 Å². The van der Waals surface area contributed by atoms with Crippen molar-refractivity contribution >= 4 is 29.2 Å². The van der Waals surface area contributed by atoms with Gasteiger partial charge in [0.2, 0.25) is 0 Å². The number of hydrazine groups is 1. The number of hydrogen-bond donors (Lipinski definition) is 3. The number of benzene rings is 2. The minimum Gasteiger partial charge on any atom is -0.384 e. The third-order valence-corrected chi connectivity index (χ3v) is 4.68. The van der Waals surface area contributed by atoms with Crippen LogP contribution < -0.4 is 16.6 Å². The van der Waals surface area contributed by atoms with E-state index in [1.54, 1.807) is 61.7 Å². The molecule has 2 amide bonds. The third-order valence-electron chi connectivity index (χ3n) is 4.37. The summed E-state index contributed by atoms with van der Waals surface area (Å²) in [7, 11) is 0. The number of nitrogens with two attached hydrogens (primary N) is 1. The first-order valence-corrected chi connectivity index (χ1v) is 9.43. The second-order valence-corrected chi connectivity index (χ2v) is 7.00. The van der Waals surface area contributed by atoms with Gasteiger partial charge in [-0.1, -0.05) is 41.6 Å². The highest BCUT2D eigenvalue weighted by Gasteiger charge is 2.14. The minimum absolute atomic E-state index is 0.312. The number of rotatable bonds is 2. The number of aromatic nitrogens is 1. The topological polar surface area (TPSA) is 97.1 Å². The van der Waals surface area contributed by atoms with Gasteiger partial charge in [0.15, 0.2) is 0 Å². The van der Waals surface area contributed by atoms with Crippen LogP contribution in [0.2, 0.25) is 5.02 Å².